The Balaban J connectivity index is 1.27. The van der Waals surface area contributed by atoms with Crippen molar-refractivity contribution >= 4 is 11.7 Å². The molecule has 1 amide bonds. The number of carbonyl (C=O) groups is 2. The summed E-state index contributed by atoms with van der Waals surface area (Å²) in [4.78, 5) is 27.7. The molecule has 3 aromatic rings. The van der Waals surface area contributed by atoms with Crippen LogP contribution in [0.3, 0.4) is 0 Å². The number of hydrogen-bond acceptors (Lipinski definition) is 6. The fourth-order valence-electron chi connectivity index (χ4n) is 4.89. The molecule has 2 aliphatic rings. The zero-order valence-electron chi connectivity index (χ0n) is 19.2. The molecule has 33 heavy (non-hydrogen) atoms. The largest absolute Gasteiger partial charge is 0.489 e. The van der Waals surface area contributed by atoms with Crippen molar-refractivity contribution < 1.29 is 23.3 Å². The third-order valence-electron chi connectivity index (χ3n) is 6.78. The molecule has 2 aliphatic heterocycles. The molecule has 7 nitrogen and oxygen atoms in total. The van der Waals surface area contributed by atoms with Crippen LogP contribution in [0.5, 0.6) is 5.75 Å². The van der Waals surface area contributed by atoms with Crippen LogP contribution < -0.4 is 4.74 Å². The highest BCUT2D eigenvalue weighted by Gasteiger charge is 2.36. The first kappa shape index (κ1) is 21.5. The van der Waals surface area contributed by atoms with Gasteiger partial charge in [0.1, 0.15) is 23.4 Å². The van der Waals surface area contributed by atoms with Crippen molar-refractivity contribution in [3.8, 4) is 5.75 Å². The summed E-state index contributed by atoms with van der Waals surface area (Å²) in [5.74, 6) is 2.55. The third kappa shape index (κ3) is 4.19. The van der Waals surface area contributed by atoms with Gasteiger partial charge in [-0.05, 0) is 57.9 Å². The maximum absolute atomic E-state index is 13.2. The van der Waals surface area contributed by atoms with Crippen LogP contribution in [0.2, 0.25) is 0 Å². The number of nitrogens with zero attached hydrogens (tertiary/aromatic N) is 2. The molecule has 1 fully saturated rings. The summed E-state index contributed by atoms with van der Waals surface area (Å²) >= 11 is 0. The number of ether oxygens (including phenoxy) is 1. The van der Waals surface area contributed by atoms with Gasteiger partial charge >= 0.3 is 0 Å². The Morgan fingerprint density at radius 3 is 2.82 bits per heavy atom. The predicted molar refractivity (Wildman–Crippen MR) is 121 cm³/mol. The molecule has 0 radical (unpaired) electrons. The van der Waals surface area contributed by atoms with Crippen molar-refractivity contribution in [2.24, 2.45) is 5.92 Å². The van der Waals surface area contributed by atoms with Gasteiger partial charge in [-0.15, -0.1) is 0 Å². The number of ketones is 1. The van der Waals surface area contributed by atoms with Gasteiger partial charge in [-0.25, -0.2) is 0 Å². The molecule has 0 N–H and O–H groups in total. The first-order valence-corrected chi connectivity index (χ1v) is 11.5. The summed E-state index contributed by atoms with van der Waals surface area (Å²) < 4.78 is 17.3. The highest BCUT2D eigenvalue weighted by molar-refractivity contribution is 6.00. The molecule has 172 valence electrons. The Bertz CT molecular complexity index is 1190. The predicted octanol–water partition coefficient (Wildman–Crippen LogP) is 4.67. The summed E-state index contributed by atoms with van der Waals surface area (Å²) in [6, 6.07) is 9.30. The van der Waals surface area contributed by atoms with E-state index < -0.39 is 0 Å². The lowest BCUT2D eigenvalue weighted by Gasteiger charge is -2.38. The van der Waals surface area contributed by atoms with E-state index in [0.717, 1.165) is 35.4 Å². The van der Waals surface area contributed by atoms with Gasteiger partial charge in [0.25, 0.3) is 5.91 Å². The second-order valence-electron chi connectivity index (χ2n) is 9.18. The van der Waals surface area contributed by atoms with E-state index in [2.05, 4.69) is 5.16 Å². The standard InChI is InChI=1S/C26H28N2O5/c1-15-6-8-23-21(11-15)22(29)13-25(32-23)18-5-4-10-28(14-18)26(30)24-9-7-19(31-24)12-20-16(2)27-33-17(20)3/h6-9,11,18,25H,4-5,10,12-14H2,1-3H3/t18-,25+/m1/s1. The maximum atomic E-state index is 13.2. The van der Waals surface area contributed by atoms with E-state index in [0.29, 0.717) is 48.8 Å². The molecule has 1 aromatic carbocycles. The van der Waals surface area contributed by atoms with Crippen LogP contribution in [0.15, 0.2) is 39.3 Å². The number of fused-ring (bicyclic) bond motifs is 1. The summed E-state index contributed by atoms with van der Waals surface area (Å²) in [6.45, 7) is 6.96. The van der Waals surface area contributed by atoms with Crippen molar-refractivity contribution in [3.05, 3.63) is 70.0 Å². The molecule has 2 aromatic heterocycles. The van der Waals surface area contributed by atoms with Crippen LogP contribution in [0.4, 0.5) is 0 Å². The fourth-order valence-corrected chi connectivity index (χ4v) is 4.89. The molecule has 0 saturated carbocycles. The number of aromatic nitrogens is 1. The molecule has 5 rings (SSSR count). The molecular formula is C26H28N2O5. The maximum Gasteiger partial charge on any atom is 0.289 e. The minimum atomic E-state index is -0.213. The van der Waals surface area contributed by atoms with Crippen molar-refractivity contribution in [3.63, 3.8) is 0 Å². The lowest BCUT2D eigenvalue weighted by molar-refractivity contribution is 0.0391. The van der Waals surface area contributed by atoms with E-state index in [1.165, 1.54) is 0 Å². The Hall–Kier alpha value is -3.35. The van der Waals surface area contributed by atoms with Gasteiger partial charge in [0, 0.05) is 37.4 Å². The number of furan rings is 1. The van der Waals surface area contributed by atoms with Crippen LogP contribution in [-0.2, 0) is 6.42 Å². The highest BCUT2D eigenvalue weighted by Crippen LogP contribution is 2.34. The number of rotatable bonds is 4. The van der Waals surface area contributed by atoms with E-state index in [-0.39, 0.29) is 23.7 Å². The number of aryl methyl sites for hydroxylation is 3. The summed E-state index contributed by atoms with van der Waals surface area (Å²) in [6.07, 6.45) is 2.48. The molecule has 1 saturated heterocycles. The van der Waals surface area contributed by atoms with Crippen LogP contribution in [0.1, 0.15) is 68.5 Å². The first-order valence-electron chi connectivity index (χ1n) is 11.5. The minimum absolute atomic E-state index is 0.109. The van der Waals surface area contributed by atoms with Gasteiger partial charge in [-0.2, -0.15) is 0 Å². The van der Waals surface area contributed by atoms with Crippen molar-refractivity contribution in [2.45, 2.75) is 52.6 Å². The van der Waals surface area contributed by atoms with Crippen molar-refractivity contribution in [1.29, 1.82) is 0 Å². The zero-order valence-corrected chi connectivity index (χ0v) is 19.2. The number of benzene rings is 1. The Kier molecular flexibility index (Phi) is 5.56. The van der Waals surface area contributed by atoms with Crippen LogP contribution >= 0.6 is 0 Å². The number of carbonyl (C=O) groups excluding carboxylic acids is 2. The molecule has 2 atom stereocenters. The molecule has 7 heteroatoms. The number of amides is 1. The third-order valence-corrected chi connectivity index (χ3v) is 6.78. The first-order chi connectivity index (χ1) is 15.9. The molecule has 0 spiro atoms. The topological polar surface area (TPSA) is 85.8 Å². The monoisotopic (exact) mass is 448 g/mol. The summed E-state index contributed by atoms with van der Waals surface area (Å²) in [5, 5.41) is 3.98. The molecule has 0 unspecified atom stereocenters. The second-order valence-corrected chi connectivity index (χ2v) is 9.18. The SMILES string of the molecule is Cc1ccc2c(c1)C(=O)C[C@@H]([C@@H]1CCCN(C(=O)c3ccc(Cc4c(C)noc4C)o3)C1)O2. The molecular weight excluding hydrogens is 420 g/mol. The second kappa shape index (κ2) is 8.54. The van der Waals surface area contributed by atoms with Gasteiger partial charge in [0.05, 0.1) is 11.3 Å². The highest BCUT2D eigenvalue weighted by atomic mass is 16.5. The lowest BCUT2D eigenvalue weighted by atomic mass is 9.86. The van der Waals surface area contributed by atoms with E-state index >= 15 is 0 Å². The van der Waals surface area contributed by atoms with Gasteiger partial charge in [0.15, 0.2) is 11.5 Å². The summed E-state index contributed by atoms with van der Waals surface area (Å²) in [7, 11) is 0. The molecule has 0 aliphatic carbocycles. The van der Waals surface area contributed by atoms with Crippen LogP contribution in [0.25, 0.3) is 0 Å². The van der Waals surface area contributed by atoms with Crippen LogP contribution in [0, 0.1) is 26.7 Å². The number of likely N-dealkylation sites (tertiary alicyclic amines) is 1. The quantitative estimate of drug-likeness (QED) is 0.577. The van der Waals surface area contributed by atoms with Crippen molar-refractivity contribution in [1.82, 2.24) is 10.1 Å². The Morgan fingerprint density at radius 1 is 1.18 bits per heavy atom. The Morgan fingerprint density at radius 2 is 2.03 bits per heavy atom. The molecule has 4 heterocycles. The average molecular weight is 449 g/mol. The van der Waals surface area contributed by atoms with E-state index in [1.54, 1.807) is 6.07 Å². The van der Waals surface area contributed by atoms with Crippen LogP contribution in [-0.4, -0.2) is 40.9 Å². The Labute approximate surface area is 192 Å². The fraction of sp³-hybridized carbons (Fsp3) is 0.423. The van der Waals surface area contributed by atoms with Crippen molar-refractivity contribution in [2.75, 3.05) is 13.1 Å². The van der Waals surface area contributed by atoms with E-state index in [9.17, 15) is 9.59 Å². The number of hydrogen-bond donors (Lipinski definition) is 0. The van der Waals surface area contributed by atoms with E-state index in [1.807, 2.05) is 49.9 Å². The zero-order chi connectivity index (χ0) is 23.1. The smallest absolute Gasteiger partial charge is 0.289 e. The van der Waals surface area contributed by atoms with E-state index in [4.69, 9.17) is 13.7 Å². The molecule has 0 bridgehead atoms. The number of piperidine rings is 1. The number of Topliss-reactive ketones (excluding diaryl/α,β-unsaturated/α-hetero) is 1. The van der Waals surface area contributed by atoms with Gasteiger partial charge < -0.3 is 18.6 Å². The minimum Gasteiger partial charge on any atom is -0.489 e. The lowest BCUT2D eigenvalue weighted by Crippen LogP contribution is -2.46. The van der Waals surface area contributed by atoms with Gasteiger partial charge in [-0.1, -0.05) is 16.8 Å². The van der Waals surface area contributed by atoms with Gasteiger partial charge in [-0.3, -0.25) is 9.59 Å². The summed E-state index contributed by atoms with van der Waals surface area (Å²) in [5.41, 5.74) is 3.52. The van der Waals surface area contributed by atoms with Gasteiger partial charge in [0.2, 0.25) is 0 Å². The normalized spacial score (nSPS) is 20.5. The average Bonchev–Trinajstić information content (AvgIpc) is 3.41.